The van der Waals surface area contributed by atoms with Gasteiger partial charge in [0.1, 0.15) is 0 Å². The van der Waals surface area contributed by atoms with Gasteiger partial charge in [0.05, 0.1) is 11.3 Å². The first-order valence-electron chi connectivity index (χ1n) is 9.50. The Bertz CT molecular complexity index is 1270. The van der Waals surface area contributed by atoms with Crippen LogP contribution in [0.3, 0.4) is 0 Å². The van der Waals surface area contributed by atoms with E-state index in [1.807, 2.05) is 13.0 Å². The molecule has 0 saturated heterocycles. The minimum Gasteiger partial charge on any atom is -0.354 e. The third-order valence-corrected chi connectivity index (χ3v) is 6.52. The van der Waals surface area contributed by atoms with Crippen molar-refractivity contribution in [1.82, 2.24) is 24.6 Å². The van der Waals surface area contributed by atoms with E-state index in [1.54, 1.807) is 37.4 Å². The van der Waals surface area contributed by atoms with Gasteiger partial charge in [-0.05, 0) is 44.9 Å². The van der Waals surface area contributed by atoms with Gasteiger partial charge in [0, 0.05) is 36.1 Å². The molecule has 3 rings (SSSR count). The van der Waals surface area contributed by atoms with Crippen molar-refractivity contribution < 1.29 is 13.2 Å². The van der Waals surface area contributed by atoms with Crippen LogP contribution in [-0.2, 0) is 21.2 Å². The summed E-state index contributed by atoms with van der Waals surface area (Å²) >= 11 is 0. The van der Waals surface area contributed by atoms with Crippen LogP contribution in [0.1, 0.15) is 28.1 Å². The molecule has 1 amide bonds. The Hall–Kier alpha value is -2.98. The van der Waals surface area contributed by atoms with Crippen LogP contribution in [0.4, 0.5) is 0 Å². The molecule has 0 unspecified atom stereocenters. The monoisotopic (exact) mass is 431 g/mol. The molecule has 30 heavy (non-hydrogen) atoms. The third-order valence-electron chi connectivity index (χ3n) is 4.91. The van der Waals surface area contributed by atoms with E-state index in [0.717, 1.165) is 11.3 Å². The van der Waals surface area contributed by atoms with Crippen LogP contribution in [-0.4, -0.2) is 42.0 Å². The summed E-state index contributed by atoms with van der Waals surface area (Å²) in [6.07, 6.45) is 0.0740. The lowest BCUT2D eigenvalue weighted by Gasteiger charge is -2.13. The summed E-state index contributed by atoms with van der Waals surface area (Å²) in [7, 11) is -3.65. The summed E-state index contributed by atoms with van der Waals surface area (Å²) in [4.78, 5) is 28.5. The first-order valence-corrected chi connectivity index (χ1v) is 11.0. The number of rotatable bonds is 7. The second kappa shape index (κ2) is 8.41. The third kappa shape index (κ3) is 4.60. The average molecular weight is 432 g/mol. The van der Waals surface area contributed by atoms with Crippen molar-refractivity contribution in [2.45, 2.75) is 39.0 Å². The van der Waals surface area contributed by atoms with Crippen molar-refractivity contribution in [3.63, 3.8) is 0 Å². The highest BCUT2D eigenvalue weighted by Crippen LogP contribution is 2.16. The normalized spacial score (nSPS) is 11.7. The highest BCUT2D eigenvalue weighted by molar-refractivity contribution is 7.89. The Labute approximate surface area is 174 Å². The molecule has 0 atom stereocenters. The van der Waals surface area contributed by atoms with Gasteiger partial charge in [0.2, 0.25) is 15.9 Å². The number of aryl methyl sites for hydroxylation is 4. The second-order valence-electron chi connectivity index (χ2n) is 7.27. The van der Waals surface area contributed by atoms with E-state index in [1.165, 1.54) is 6.07 Å². The molecule has 0 spiro atoms. The maximum absolute atomic E-state index is 12.5. The molecular formula is C20H25N5O4S. The summed E-state index contributed by atoms with van der Waals surface area (Å²) in [5, 5.41) is 5.36. The summed E-state index contributed by atoms with van der Waals surface area (Å²) in [6.45, 7) is 7.38. The number of aromatic amines is 1. The zero-order chi connectivity index (χ0) is 22.1. The smallest absolute Gasteiger partial charge is 0.266 e. The summed E-state index contributed by atoms with van der Waals surface area (Å²) in [5.41, 5.74) is 3.86. The van der Waals surface area contributed by atoms with E-state index >= 15 is 0 Å². The van der Waals surface area contributed by atoms with Gasteiger partial charge in [-0.3, -0.25) is 14.7 Å². The van der Waals surface area contributed by atoms with Gasteiger partial charge < -0.3 is 5.32 Å². The van der Waals surface area contributed by atoms with Gasteiger partial charge in [-0.15, -0.1) is 0 Å². The number of hydrogen-bond donors (Lipinski definition) is 3. The molecule has 0 aliphatic heterocycles. The molecule has 1 aromatic carbocycles. The van der Waals surface area contributed by atoms with Crippen LogP contribution in [0.15, 0.2) is 34.0 Å². The van der Waals surface area contributed by atoms with E-state index in [0.29, 0.717) is 22.5 Å². The fourth-order valence-corrected chi connectivity index (χ4v) is 4.66. The van der Waals surface area contributed by atoms with Crippen molar-refractivity contribution in [1.29, 1.82) is 0 Å². The molecule has 0 fully saturated rings. The molecule has 0 aliphatic rings. The molecule has 0 bridgehead atoms. The largest absolute Gasteiger partial charge is 0.354 e. The first-order chi connectivity index (χ1) is 14.1. The number of fused-ring (bicyclic) bond motifs is 1. The molecule has 0 radical (unpaired) electrons. The van der Waals surface area contributed by atoms with E-state index in [4.69, 9.17) is 0 Å². The number of amides is 1. The maximum atomic E-state index is 12.5. The summed E-state index contributed by atoms with van der Waals surface area (Å²) < 4.78 is 29.1. The lowest BCUT2D eigenvalue weighted by atomic mass is 10.1. The molecule has 9 nitrogen and oxygen atoms in total. The Morgan fingerprint density at radius 2 is 1.87 bits per heavy atom. The van der Waals surface area contributed by atoms with Crippen molar-refractivity contribution in [2.75, 3.05) is 13.1 Å². The minimum absolute atomic E-state index is 0.0711. The lowest BCUT2D eigenvalue weighted by Crippen LogP contribution is -2.35. The lowest BCUT2D eigenvalue weighted by molar-refractivity contribution is -0.120. The average Bonchev–Trinajstić information content (AvgIpc) is 3.04. The minimum atomic E-state index is -3.65. The Morgan fingerprint density at radius 3 is 2.60 bits per heavy atom. The molecule has 3 aromatic rings. The van der Waals surface area contributed by atoms with E-state index in [9.17, 15) is 18.0 Å². The van der Waals surface area contributed by atoms with Crippen molar-refractivity contribution in [3.05, 3.63) is 62.7 Å². The molecule has 2 heterocycles. The molecule has 160 valence electrons. The number of nitrogens with zero attached hydrogens (tertiary/aromatic N) is 2. The van der Waals surface area contributed by atoms with Gasteiger partial charge in [-0.1, -0.05) is 12.1 Å². The zero-order valence-corrected chi connectivity index (χ0v) is 18.2. The molecular weight excluding hydrogens is 406 g/mol. The Kier molecular flexibility index (Phi) is 6.09. The van der Waals surface area contributed by atoms with Crippen LogP contribution in [0, 0.1) is 27.7 Å². The predicted octanol–water partition coefficient (Wildman–Crippen LogP) is 0.893. The van der Waals surface area contributed by atoms with E-state index in [2.05, 4.69) is 20.1 Å². The fourth-order valence-electron chi connectivity index (χ4n) is 3.30. The second-order valence-corrected chi connectivity index (χ2v) is 9.00. The van der Waals surface area contributed by atoms with Crippen molar-refractivity contribution in [3.8, 4) is 0 Å². The van der Waals surface area contributed by atoms with E-state index in [-0.39, 0.29) is 35.9 Å². The maximum Gasteiger partial charge on any atom is 0.266 e. The number of nitrogens with one attached hydrogen (secondary N) is 3. The number of carbonyl (C=O) groups excluding carboxylic acids is 1. The highest BCUT2D eigenvalue weighted by atomic mass is 32.2. The van der Waals surface area contributed by atoms with Crippen LogP contribution in [0.25, 0.3) is 5.65 Å². The number of sulfonamides is 1. The van der Waals surface area contributed by atoms with Crippen LogP contribution >= 0.6 is 0 Å². The number of H-pyrrole nitrogens is 1. The van der Waals surface area contributed by atoms with Gasteiger partial charge in [-0.25, -0.2) is 22.6 Å². The SMILES string of the molecule is Cc1ccc(C)c(S(=O)(=O)NCCNC(=O)Cc2c(C)nc3cc(=O)[nH]n3c2C)c1. The van der Waals surface area contributed by atoms with Gasteiger partial charge in [-0.2, -0.15) is 0 Å². The Balaban J connectivity index is 1.60. The Morgan fingerprint density at radius 1 is 1.13 bits per heavy atom. The number of aromatic nitrogens is 3. The van der Waals surface area contributed by atoms with E-state index < -0.39 is 10.0 Å². The fraction of sp³-hybridized carbons (Fsp3) is 0.350. The molecule has 0 saturated carbocycles. The highest BCUT2D eigenvalue weighted by Gasteiger charge is 2.17. The van der Waals surface area contributed by atoms with Gasteiger partial charge in [0.25, 0.3) is 5.56 Å². The van der Waals surface area contributed by atoms with Crippen LogP contribution in [0.2, 0.25) is 0 Å². The van der Waals surface area contributed by atoms with Crippen molar-refractivity contribution >= 4 is 21.6 Å². The molecule has 10 heteroatoms. The number of benzene rings is 1. The zero-order valence-electron chi connectivity index (χ0n) is 17.4. The van der Waals surface area contributed by atoms with Gasteiger partial charge >= 0.3 is 0 Å². The number of carbonyl (C=O) groups is 1. The standard InChI is InChI=1S/C20H25N5O4S/c1-12-5-6-13(2)17(9-12)30(28,29)22-8-7-21-19(26)10-16-14(3)23-18-11-20(27)24-25(18)15(16)4/h5-6,9,11,22H,7-8,10H2,1-4H3,(H,21,26)(H,24,27). The summed E-state index contributed by atoms with van der Waals surface area (Å²) in [6, 6.07) is 6.63. The van der Waals surface area contributed by atoms with Crippen molar-refractivity contribution in [2.24, 2.45) is 0 Å². The van der Waals surface area contributed by atoms with Gasteiger partial charge in [0.15, 0.2) is 5.65 Å². The molecule has 0 aliphatic carbocycles. The quantitative estimate of drug-likeness (QED) is 0.479. The first kappa shape index (κ1) is 21.7. The topological polar surface area (TPSA) is 125 Å². The van der Waals surface area contributed by atoms with Crippen LogP contribution in [0.5, 0.6) is 0 Å². The number of hydrogen-bond acceptors (Lipinski definition) is 5. The summed E-state index contributed by atoms with van der Waals surface area (Å²) in [5.74, 6) is -0.261. The van der Waals surface area contributed by atoms with Crippen LogP contribution < -0.4 is 15.6 Å². The molecule has 2 aromatic heterocycles. The molecule has 3 N–H and O–H groups in total. The predicted molar refractivity (Wildman–Crippen MR) is 113 cm³/mol.